The van der Waals surface area contributed by atoms with Crippen molar-refractivity contribution in [2.45, 2.75) is 13.8 Å². The Kier molecular flexibility index (Phi) is 6.28. The van der Waals surface area contributed by atoms with Gasteiger partial charge in [0.1, 0.15) is 39.9 Å². The number of aryl methyl sites for hydroxylation is 1. The summed E-state index contributed by atoms with van der Waals surface area (Å²) in [4.78, 5) is 26.0. The molecular formula is C28H21BrO7. The van der Waals surface area contributed by atoms with Crippen LogP contribution in [-0.4, -0.2) is 25.5 Å². The number of ether oxygens (including phenoxy) is 4. The van der Waals surface area contributed by atoms with Crippen molar-refractivity contribution in [3.05, 3.63) is 87.3 Å². The molecule has 182 valence electrons. The number of halogens is 1. The summed E-state index contributed by atoms with van der Waals surface area (Å²) in [5.41, 5.74) is 1.93. The molecule has 3 aromatic carbocycles. The lowest BCUT2D eigenvalue weighted by Gasteiger charge is -2.07. The van der Waals surface area contributed by atoms with Crippen molar-refractivity contribution in [3.63, 3.8) is 0 Å². The zero-order valence-electron chi connectivity index (χ0n) is 19.7. The van der Waals surface area contributed by atoms with Crippen LogP contribution in [-0.2, 0) is 0 Å². The number of carbonyl (C=O) groups excluding carboxylic acids is 2. The second kappa shape index (κ2) is 9.54. The average molecular weight is 549 g/mol. The molecular weight excluding hydrogens is 528 g/mol. The number of allylic oxidation sites excluding steroid dienone is 1. The molecule has 36 heavy (non-hydrogen) atoms. The maximum absolute atomic E-state index is 13.1. The van der Waals surface area contributed by atoms with Crippen LogP contribution in [0.2, 0.25) is 0 Å². The predicted octanol–water partition coefficient (Wildman–Crippen LogP) is 6.75. The third-order valence-corrected chi connectivity index (χ3v) is 6.17. The highest BCUT2D eigenvalue weighted by Gasteiger charge is 2.29. The zero-order chi connectivity index (χ0) is 25.4. The van der Waals surface area contributed by atoms with Gasteiger partial charge in [-0.25, -0.2) is 4.79 Å². The van der Waals surface area contributed by atoms with Gasteiger partial charge in [-0.3, -0.25) is 4.79 Å². The number of ketones is 1. The Morgan fingerprint density at radius 1 is 1.06 bits per heavy atom. The minimum Gasteiger partial charge on any atom is -0.496 e. The molecule has 0 aliphatic carbocycles. The van der Waals surface area contributed by atoms with E-state index >= 15 is 0 Å². The molecule has 1 aliphatic rings. The first-order valence-corrected chi connectivity index (χ1v) is 12.0. The second-order valence-corrected chi connectivity index (χ2v) is 8.91. The van der Waals surface area contributed by atoms with Crippen LogP contribution in [0.25, 0.3) is 17.0 Å². The molecule has 0 radical (unpaired) electrons. The molecule has 0 saturated carbocycles. The van der Waals surface area contributed by atoms with Crippen molar-refractivity contribution < 1.29 is 33.0 Å². The van der Waals surface area contributed by atoms with Gasteiger partial charge in [-0.1, -0.05) is 15.9 Å². The van der Waals surface area contributed by atoms with Gasteiger partial charge in [0.05, 0.1) is 19.3 Å². The van der Waals surface area contributed by atoms with Crippen molar-refractivity contribution >= 4 is 44.7 Å². The number of furan rings is 1. The Balaban J connectivity index is 1.41. The predicted molar refractivity (Wildman–Crippen MR) is 137 cm³/mol. The number of hydrogen-bond acceptors (Lipinski definition) is 7. The van der Waals surface area contributed by atoms with Crippen LogP contribution >= 0.6 is 15.9 Å². The second-order valence-electron chi connectivity index (χ2n) is 8.00. The molecule has 4 aromatic rings. The van der Waals surface area contributed by atoms with Gasteiger partial charge in [0.2, 0.25) is 5.78 Å². The summed E-state index contributed by atoms with van der Waals surface area (Å²) in [6, 6.07) is 15.4. The molecule has 0 spiro atoms. The van der Waals surface area contributed by atoms with Crippen molar-refractivity contribution in [1.29, 1.82) is 0 Å². The first kappa shape index (κ1) is 23.7. The number of rotatable bonds is 6. The lowest BCUT2D eigenvalue weighted by atomic mass is 10.1. The van der Waals surface area contributed by atoms with E-state index in [9.17, 15) is 9.59 Å². The van der Waals surface area contributed by atoms with Crippen LogP contribution in [0.15, 0.2) is 69.2 Å². The van der Waals surface area contributed by atoms with Gasteiger partial charge in [-0.15, -0.1) is 0 Å². The Morgan fingerprint density at radius 2 is 1.86 bits per heavy atom. The van der Waals surface area contributed by atoms with E-state index in [1.165, 1.54) is 6.07 Å². The first-order valence-electron chi connectivity index (χ1n) is 11.2. The van der Waals surface area contributed by atoms with Crippen molar-refractivity contribution in [3.8, 4) is 23.0 Å². The molecule has 0 atom stereocenters. The maximum atomic E-state index is 13.1. The monoisotopic (exact) mass is 548 g/mol. The SMILES string of the molecule is CCOc1ccc2oc(C)c(C(=O)Oc3ccc4c(c3)OC(=Cc3cc(Br)ccc3OC)C4=O)c2c1. The molecule has 1 aliphatic heterocycles. The van der Waals surface area contributed by atoms with Crippen LogP contribution in [0.1, 0.15) is 39.0 Å². The lowest BCUT2D eigenvalue weighted by molar-refractivity contribution is 0.0734. The zero-order valence-corrected chi connectivity index (χ0v) is 21.3. The highest BCUT2D eigenvalue weighted by Crippen LogP contribution is 2.37. The number of methoxy groups -OCH3 is 1. The van der Waals surface area contributed by atoms with Crippen LogP contribution in [0.4, 0.5) is 0 Å². The van der Waals surface area contributed by atoms with Gasteiger partial charge in [0, 0.05) is 21.5 Å². The van der Waals surface area contributed by atoms with E-state index < -0.39 is 5.97 Å². The summed E-state index contributed by atoms with van der Waals surface area (Å²) in [6.45, 7) is 4.09. The van der Waals surface area contributed by atoms with E-state index in [2.05, 4.69) is 15.9 Å². The quantitative estimate of drug-likeness (QED) is 0.150. The molecule has 8 heteroatoms. The van der Waals surface area contributed by atoms with Crippen LogP contribution in [0.3, 0.4) is 0 Å². The number of esters is 1. The van der Waals surface area contributed by atoms with Crippen LogP contribution in [0, 0.1) is 6.92 Å². The summed E-state index contributed by atoms with van der Waals surface area (Å²) in [5.74, 6) is 1.49. The summed E-state index contributed by atoms with van der Waals surface area (Å²) in [6.07, 6.45) is 1.62. The third-order valence-electron chi connectivity index (χ3n) is 5.68. The molecule has 0 N–H and O–H groups in total. The molecule has 0 amide bonds. The highest BCUT2D eigenvalue weighted by atomic mass is 79.9. The Labute approximate surface area is 215 Å². The van der Waals surface area contributed by atoms with E-state index in [0.29, 0.717) is 57.3 Å². The van der Waals surface area contributed by atoms with Gasteiger partial charge < -0.3 is 23.4 Å². The Morgan fingerprint density at radius 3 is 2.64 bits per heavy atom. The fourth-order valence-corrected chi connectivity index (χ4v) is 4.44. The molecule has 5 rings (SSSR count). The standard InChI is InChI=1S/C28H21BrO7/c1-4-33-18-7-10-23-21(13-18)26(15(2)34-23)28(31)35-19-6-8-20-24(14-19)36-25(27(20)30)12-16-11-17(29)5-9-22(16)32-3/h5-14H,4H2,1-3H3. The molecule has 0 saturated heterocycles. The highest BCUT2D eigenvalue weighted by molar-refractivity contribution is 9.10. The van der Waals surface area contributed by atoms with Gasteiger partial charge in [0.15, 0.2) is 5.76 Å². The molecule has 7 nitrogen and oxygen atoms in total. The fraction of sp³-hybridized carbons (Fsp3) is 0.143. The van der Waals surface area contributed by atoms with Gasteiger partial charge >= 0.3 is 5.97 Å². The van der Waals surface area contributed by atoms with E-state index in [1.807, 2.05) is 19.1 Å². The maximum Gasteiger partial charge on any atom is 0.347 e. The molecule has 0 bridgehead atoms. The molecule has 1 aromatic heterocycles. The number of Topliss-reactive ketones (excluding diaryl/α,β-unsaturated/α-hetero) is 1. The summed E-state index contributed by atoms with van der Waals surface area (Å²) in [5, 5.41) is 0.601. The summed E-state index contributed by atoms with van der Waals surface area (Å²) < 4.78 is 29.0. The lowest BCUT2D eigenvalue weighted by Crippen LogP contribution is -2.09. The minimum atomic E-state index is -0.584. The summed E-state index contributed by atoms with van der Waals surface area (Å²) >= 11 is 3.43. The fourth-order valence-electron chi connectivity index (χ4n) is 4.06. The first-order chi connectivity index (χ1) is 17.4. The number of benzene rings is 3. The topological polar surface area (TPSA) is 84.2 Å². The van der Waals surface area contributed by atoms with Crippen LogP contribution < -0.4 is 18.9 Å². The number of carbonyl (C=O) groups is 2. The summed E-state index contributed by atoms with van der Waals surface area (Å²) in [7, 11) is 1.56. The van der Waals surface area contributed by atoms with E-state index in [1.54, 1.807) is 56.5 Å². The smallest absolute Gasteiger partial charge is 0.347 e. The van der Waals surface area contributed by atoms with Crippen molar-refractivity contribution in [2.24, 2.45) is 0 Å². The normalized spacial score (nSPS) is 13.6. The van der Waals surface area contributed by atoms with Gasteiger partial charge in [-0.05, 0) is 68.5 Å². The Bertz CT molecular complexity index is 1550. The van der Waals surface area contributed by atoms with Gasteiger partial charge in [0.25, 0.3) is 0 Å². The molecule has 0 unspecified atom stereocenters. The molecule has 2 heterocycles. The number of hydrogen-bond donors (Lipinski definition) is 0. The van der Waals surface area contributed by atoms with Crippen molar-refractivity contribution in [1.82, 2.24) is 0 Å². The third kappa shape index (κ3) is 4.35. The Hall–Kier alpha value is -4.04. The average Bonchev–Trinajstić information content (AvgIpc) is 3.34. The van der Waals surface area contributed by atoms with Crippen LogP contribution in [0.5, 0.6) is 23.0 Å². The minimum absolute atomic E-state index is 0.144. The number of fused-ring (bicyclic) bond motifs is 2. The van der Waals surface area contributed by atoms with E-state index in [4.69, 9.17) is 23.4 Å². The van der Waals surface area contributed by atoms with Gasteiger partial charge in [-0.2, -0.15) is 0 Å². The van der Waals surface area contributed by atoms with E-state index in [0.717, 1.165) is 4.47 Å². The molecule has 0 fully saturated rings. The van der Waals surface area contributed by atoms with E-state index in [-0.39, 0.29) is 17.3 Å². The van der Waals surface area contributed by atoms with Crippen molar-refractivity contribution in [2.75, 3.05) is 13.7 Å². The largest absolute Gasteiger partial charge is 0.496 e.